The molecule has 0 heterocycles. The largest absolute Gasteiger partial charge is 0.289 e. The quantitative estimate of drug-likeness (QED) is 0.183. The second kappa shape index (κ2) is 12.0. The first-order valence-corrected chi connectivity index (χ1v) is 13.0. The summed E-state index contributed by atoms with van der Waals surface area (Å²) >= 11 is 0. The van der Waals surface area contributed by atoms with Crippen LogP contribution in [-0.4, -0.2) is 11.6 Å². The molecule has 2 nitrogen and oxygen atoms in total. The molecule has 190 valence electrons. The highest BCUT2D eigenvalue weighted by Crippen LogP contribution is 2.14. The molecule has 0 radical (unpaired) electrons. The molecule has 0 bridgehead atoms. The Labute approximate surface area is 235 Å². The third kappa shape index (κ3) is 6.51. The van der Waals surface area contributed by atoms with Gasteiger partial charge in [-0.25, -0.2) is 0 Å². The number of hydrogen-bond acceptors (Lipinski definition) is 2. The highest BCUT2D eigenvalue weighted by atomic mass is 16.1. The van der Waals surface area contributed by atoms with Crippen molar-refractivity contribution in [1.29, 1.82) is 0 Å². The molecule has 0 saturated heterocycles. The fourth-order valence-corrected chi connectivity index (χ4v) is 4.12. The van der Waals surface area contributed by atoms with Gasteiger partial charge in [-0.15, -0.1) is 0 Å². The molecular formula is C38H26O2. The first-order valence-electron chi connectivity index (χ1n) is 13.0. The summed E-state index contributed by atoms with van der Waals surface area (Å²) in [5.41, 5.74) is 8.24. The van der Waals surface area contributed by atoms with E-state index in [0.29, 0.717) is 22.3 Å². The minimum absolute atomic E-state index is 0.00158. The summed E-state index contributed by atoms with van der Waals surface area (Å²) in [5, 5.41) is 0. The van der Waals surface area contributed by atoms with E-state index in [2.05, 4.69) is 23.7 Å². The predicted octanol–water partition coefficient (Wildman–Crippen LogP) is 7.57. The van der Waals surface area contributed by atoms with E-state index in [0.717, 1.165) is 33.4 Å². The summed E-state index contributed by atoms with van der Waals surface area (Å²) in [6, 6.07) is 37.7. The van der Waals surface area contributed by atoms with Gasteiger partial charge in [0.1, 0.15) is 0 Å². The van der Waals surface area contributed by atoms with Gasteiger partial charge in [-0.2, -0.15) is 0 Å². The summed E-state index contributed by atoms with van der Waals surface area (Å²) in [5.74, 6) is 12.7. The lowest BCUT2D eigenvalue weighted by Gasteiger charge is -2.02. The van der Waals surface area contributed by atoms with Crippen molar-refractivity contribution in [3.8, 4) is 23.7 Å². The second-order valence-electron chi connectivity index (χ2n) is 9.63. The first kappa shape index (κ1) is 26.2. The molecule has 5 aromatic rings. The molecule has 0 amide bonds. The molecule has 0 saturated carbocycles. The van der Waals surface area contributed by atoms with Gasteiger partial charge in [-0.05, 0) is 80.6 Å². The standard InChI is InChI=1S/C38H26O2/c1-27-6-18-33(19-7-27)37(39)35-22-14-29(15-23-35)10-12-31-4-3-5-32(26-31)13-11-30-16-24-36(25-17-30)38(40)34-20-8-28(2)9-21-34/h3-9,14-26H,1-2H3. The number of aryl methyl sites for hydroxylation is 2. The highest BCUT2D eigenvalue weighted by molar-refractivity contribution is 6.09. The van der Waals surface area contributed by atoms with Gasteiger partial charge in [-0.1, -0.05) is 89.4 Å². The topological polar surface area (TPSA) is 34.1 Å². The van der Waals surface area contributed by atoms with Crippen molar-refractivity contribution in [1.82, 2.24) is 0 Å². The molecule has 2 heteroatoms. The van der Waals surface area contributed by atoms with E-state index in [1.54, 1.807) is 0 Å². The normalized spacial score (nSPS) is 10.1. The molecule has 0 N–H and O–H groups in total. The van der Waals surface area contributed by atoms with E-state index in [9.17, 15) is 9.59 Å². The maximum Gasteiger partial charge on any atom is 0.193 e. The van der Waals surface area contributed by atoms with Gasteiger partial charge < -0.3 is 0 Å². The average Bonchev–Trinajstić information content (AvgIpc) is 3.00. The van der Waals surface area contributed by atoms with Crippen LogP contribution in [0.25, 0.3) is 0 Å². The number of ketones is 2. The average molecular weight is 515 g/mol. The molecule has 0 aliphatic rings. The summed E-state index contributed by atoms with van der Waals surface area (Å²) < 4.78 is 0. The zero-order valence-electron chi connectivity index (χ0n) is 22.4. The fourth-order valence-electron chi connectivity index (χ4n) is 4.12. The Morgan fingerprint density at radius 3 is 1.05 bits per heavy atom. The van der Waals surface area contributed by atoms with E-state index in [1.807, 2.05) is 135 Å². The molecule has 0 aromatic heterocycles. The van der Waals surface area contributed by atoms with Gasteiger partial charge in [0.15, 0.2) is 11.6 Å². The zero-order chi connectivity index (χ0) is 27.9. The van der Waals surface area contributed by atoms with E-state index >= 15 is 0 Å². The Kier molecular flexibility index (Phi) is 7.82. The van der Waals surface area contributed by atoms with Crippen molar-refractivity contribution in [2.24, 2.45) is 0 Å². The Balaban J connectivity index is 1.25. The molecule has 0 aliphatic heterocycles. The van der Waals surface area contributed by atoms with Crippen LogP contribution >= 0.6 is 0 Å². The summed E-state index contributed by atoms with van der Waals surface area (Å²) in [7, 11) is 0. The molecule has 0 unspecified atom stereocenters. The van der Waals surface area contributed by atoms with Gasteiger partial charge in [-0.3, -0.25) is 9.59 Å². The first-order chi connectivity index (χ1) is 19.4. The molecule has 5 aromatic carbocycles. The summed E-state index contributed by atoms with van der Waals surface area (Å²) in [6.45, 7) is 4.00. The van der Waals surface area contributed by atoms with Crippen molar-refractivity contribution in [3.05, 3.63) is 177 Å². The van der Waals surface area contributed by atoms with Crippen LogP contribution in [0.15, 0.2) is 121 Å². The van der Waals surface area contributed by atoms with Gasteiger partial charge in [0.2, 0.25) is 0 Å². The SMILES string of the molecule is Cc1ccc(C(=O)c2ccc(C#Cc3cccc(C#Cc4ccc(C(=O)c5ccc(C)cc5)cc4)c3)cc2)cc1. The van der Waals surface area contributed by atoms with Crippen molar-refractivity contribution >= 4 is 11.6 Å². The maximum absolute atomic E-state index is 12.7. The minimum atomic E-state index is -0.00158. The van der Waals surface area contributed by atoms with Crippen LogP contribution in [0.1, 0.15) is 65.2 Å². The Bertz CT molecular complexity index is 1670. The minimum Gasteiger partial charge on any atom is -0.289 e. The molecule has 5 rings (SSSR count). The van der Waals surface area contributed by atoms with E-state index in [1.165, 1.54) is 0 Å². The van der Waals surface area contributed by atoms with Crippen molar-refractivity contribution < 1.29 is 9.59 Å². The van der Waals surface area contributed by atoms with Crippen LogP contribution in [0.5, 0.6) is 0 Å². The maximum atomic E-state index is 12.7. The van der Waals surface area contributed by atoms with Crippen molar-refractivity contribution in [2.45, 2.75) is 13.8 Å². The molecule has 40 heavy (non-hydrogen) atoms. The van der Waals surface area contributed by atoms with E-state index in [-0.39, 0.29) is 11.6 Å². The van der Waals surface area contributed by atoms with Gasteiger partial charge in [0, 0.05) is 44.5 Å². The lowest BCUT2D eigenvalue weighted by atomic mass is 10.0. The molecular weight excluding hydrogens is 488 g/mol. The van der Waals surface area contributed by atoms with E-state index in [4.69, 9.17) is 0 Å². The van der Waals surface area contributed by atoms with Crippen LogP contribution in [0.3, 0.4) is 0 Å². The number of rotatable bonds is 4. The molecule has 0 aliphatic carbocycles. The van der Waals surface area contributed by atoms with Crippen LogP contribution in [0.4, 0.5) is 0 Å². The molecule has 0 fully saturated rings. The lowest BCUT2D eigenvalue weighted by Crippen LogP contribution is -2.00. The molecule has 0 spiro atoms. The smallest absolute Gasteiger partial charge is 0.193 e. The third-order valence-corrected chi connectivity index (χ3v) is 6.49. The summed E-state index contributed by atoms with van der Waals surface area (Å²) in [4.78, 5) is 25.4. The third-order valence-electron chi connectivity index (χ3n) is 6.49. The van der Waals surface area contributed by atoms with Crippen molar-refractivity contribution in [2.75, 3.05) is 0 Å². The number of benzene rings is 5. The fraction of sp³-hybridized carbons (Fsp3) is 0.0526. The van der Waals surface area contributed by atoms with Crippen molar-refractivity contribution in [3.63, 3.8) is 0 Å². The predicted molar refractivity (Wildman–Crippen MR) is 161 cm³/mol. The number of hydrogen-bond donors (Lipinski definition) is 0. The second-order valence-corrected chi connectivity index (χ2v) is 9.63. The number of carbonyl (C=O) groups excluding carboxylic acids is 2. The Morgan fingerprint density at radius 1 is 0.400 bits per heavy atom. The van der Waals surface area contributed by atoms with E-state index < -0.39 is 0 Å². The number of carbonyl (C=O) groups is 2. The van der Waals surface area contributed by atoms with Gasteiger partial charge in [0.25, 0.3) is 0 Å². The van der Waals surface area contributed by atoms with Gasteiger partial charge >= 0.3 is 0 Å². The van der Waals surface area contributed by atoms with Crippen LogP contribution < -0.4 is 0 Å². The van der Waals surface area contributed by atoms with Crippen LogP contribution in [0.2, 0.25) is 0 Å². The lowest BCUT2D eigenvalue weighted by molar-refractivity contribution is 0.103. The highest BCUT2D eigenvalue weighted by Gasteiger charge is 2.09. The van der Waals surface area contributed by atoms with Crippen LogP contribution in [-0.2, 0) is 0 Å². The van der Waals surface area contributed by atoms with Crippen LogP contribution in [0, 0.1) is 37.5 Å². The zero-order valence-corrected chi connectivity index (χ0v) is 22.4. The molecule has 0 atom stereocenters. The summed E-state index contributed by atoms with van der Waals surface area (Å²) in [6.07, 6.45) is 0. The monoisotopic (exact) mass is 514 g/mol. The Hall–Kier alpha value is -5.44. The Morgan fingerprint density at radius 2 is 0.700 bits per heavy atom. The van der Waals surface area contributed by atoms with Gasteiger partial charge in [0.05, 0.1) is 0 Å².